The number of rotatable bonds is 5. The molecule has 0 amide bonds. The lowest BCUT2D eigenvalue weighted by Gasteiger charge is -1.98. The van der Waals surface area contributed by atoms with Crippen LogP contribution in [0.5, 0.6) is 0 Å². The average Bonchev–Trinajstić information content (AvgIpc) is 1.96. The van der Waals surface area contributed by atoms with E-state index < -0.39 is 21.8 Å². The molecule has 0 aliphatic heterocycles. The zero-order valence-corrected chi connectivity index (χ0v) is 7.08. The molecule has 1 radical (unpaired) electrons. The zero-order chi connectivity index (χ0) is 9.61. The summed E-state index contributed by atoms with van der Waals surface area (Å²) in [4.78, 5) is 10.4. The van der Waals surface area contributed by atoms with Crippen molar-refractivity contribution in [2.75, 3.05) is 5.75 Å². The van der Waals surface area contributed by atoms with Gasteiger partial charge in [-0.15, -0.1) is 0 Å². The Morgan fingerprint density at radius 3 is 2.58 bits per heavy atom. The van der Waals surface area contributed by atoms with Crippen molar-refractivity contribution in [1.29, 1.82) is 0 Å². The lowest BCUT2D eigenvalue weighted by Crippen LogP contribution is -2.06. The summed E-state index contributed by atoms with van der Waals surface area (Å²) in [6.45, 7) is 4.12. The van der Waals surface area contributed by atoms with Crippen molar-refractivity contribution in [1.82, 2.24) is 0 Å². The molecule has 0 bridgehead atoms. The van der Waals surface area contributed by atoms with Crippen LogP contribution < -0.4 is 0 Å². The SMILES string of the molecule is C=CC(=O)O[CH]CCS(=O)(=O)O. The Bertz CT molecular complexity index is 253. The van der Waals surface area contributed by atoms with Gasteiger partial charge in [0.15, 0.2) is 0 Å². The third-order valence-electron chi connectivity index (χ3n) is 0.860. The second-order valence-corrected chi connectivity index (χ2v) is 3.45. The number of hydrogen-bond acceptors (Lipinski definition) is 4. The number of carbonyl (C=O) groups excluding carboxylic acids is 1. The van der Waals surface area contributed by atoms with E-state index in [-0.39, 0.29) is 6.42 Å². The van der Waals surface area contributed by atoms with Gasteiger partial charge in [0.05, 0.1) is 5.75 Å². The van der Waals surface area contributed by atoms with Crippen molar-refractivity contribution in [3.8, 4) is 0 Å². The first-order chi connectivity index (χ1) is 5.45. The lowest BCUT2D eigenvalue weighted by molar-refractivity contribution is -0.134. The van der Waals surface area contributed by atoms with Crippen LogP contribution in [-0.4, -0.2) is 24.7 Å². The average molecular weight is 193 g/mol. The molecular weight excluding hydrogens is 184 g/mol. The molecule has 0 saturated heterocycles. The highest BCUT2D eigenvalue weighted by Gasteiger charge is 2.04. The normalized spacial score (nSPS) is 10.8. The number of carbonyl (C=O) groups is 1. The molecule has 0 aromatic carbocycles. The van der Waals surface area contributed by atoms with Crippen LogP contribution in [0.25, 0.3) is 0 Å². The predicted molar refractivity (Wildman–Crippen MR) is 41.6 cm³/mol. The maximum absolute atomic E-state index is 10.4. The van der Waals surface area contributed by atoms with Crippen LogP contribution in [-0.2, 0) is 19.6 Å². The van der Waals surface area contributed by atoms with Crippen molar-refractivity contribution in [3.05, 3.63) is 19.3 Å². The molecule has 0 unspecified atom stereocenters. The van der Waals surface area contributed by atoms with Crippen molar-refractivity contribution < 1.29 is 22.5 Å². The summed E-state index contributed by atoms with van der Waals surface area (Å²) in [7, 11) is -3.98. The van der Waals surface area contributed by atoms with Gasteiger partial charge in [0, 0.05) is 12.5 Å². The molecule has 6 heteroatoms. The first kappa shape index (κ1) is 11.1. The minimum absolute atomic E-state index is 0.0432. The van der Waals surface area contributed by atoms with Gasteiger partial charge < -0.3 is 4.74 Å². The Kier molecular flexibility index (Phi) is 4.53. The van der Waals surface area contributed by atoms with Gasteiger partial charge in [0.25, 0.3) is 10.1 Å². The van der Waals surface area contributed by atoms with Crippen LogP contribution in [0.2, 0.25) is 0 Å². The van der Waals surface area contributed by atoms with Crippen molar-refractivity contribution in [3.63, 3.8) is 0 Å². The molecule has 0 aromatic rings. The highest BCUT2D eigenvalue weighted by Crippen LogP contribution is 1.94. The molecule has 0 fully saturated rings. The number of esters is 1. The fraction of sp³-hybridized carbons (Fsp3) is 0.333. The van der Waals surface area contributed by atoms with E-state index in [1.807, 2.05) is 0 Å². The predicted octanol–water partition coefficient (Wildman–Crippen LogP) is 0.155. The Morgan fingerprint density at radius 1 is 1.58 bits per heavy atom. The van der Waals surface area contributed by atoms with Gasteiger partial charge >= 0.3 is 5.97 Å². The van der Waals surface area contributed by atoms with Crippen molar-refractivity contribution in [2.45, 2.75) is 6.42 Å². The van der Waals surface area contributed by atoms with Gasteiger partial charge in [-0.2, -0.15) is 8.42 Å². The van der Waals surface area contributed by atoms with Crippen LogP contribution in [0.1, 0.15) is 6.42 Å². The molecule has 0 spiro atoms. The quantitative estimate of drug-likeness (QED) is 0.291. The third kappa shape index (κ3) is 7.23. The van der Waals surface area contributed by atoms with E-state index in [9.17, 15) is 13.2 Å². The molecule has 69 valence electrons. The molecule has 0 aliphatic rings. The van der Waals surface area contributed by atoms with Crippen molar-refractivity contribution in [2.24, 2.45) is 0 Å². The van der Waals surface area contributed by atoms with E-state index in [4.69, 9.17) is 4.55 Å². The third-order valence-corrected chi connectivity index (χ3v) is 1.61. The monoisotopic (exact) mass is 193 g/mol. The first-order valence-electron chi connectivity index (χ1n) is 3.05. The van der Waals surface area contributed by atoms with Crippen LogP contribution in [0.4, 0.5) is 0 Å². The Morgan fingerprint density at radius 2 is 2.17 bits per heavy atom. The van der Waals surface area contributed by atoms with Gasteiger partial charge in [-0.1, -0.05) is 6.58 Å². The van der Waals surface area contributed by atoms with Crippen LogP contribution >= 0.6 is 0 Å². The maximum Gasteiger partial charge on any atom is 0.330 e. The van der Waals surface area contributed by atoms with Crippen LogP contribution in [0.3, 0.4) is 0 Å². The van der Waals surface area contributed by atoms with Gasteiger partial charge in [-0.3, -0.25) is 4.55 Å². The molecule has 12 heavy (non-hydrogen) atoms. The molecule has 1 N–H and O–H groups in total. The van der Waals surface area contributed by atoms with E-state index in [1.165, 1.54) is 0 Å². The maximum atomic E-state index is 10.4. The molecule has 0 atom stereocenters. The number of hydrogen-bond donors (Lipinski definition) is 1. The number of ether oxygens (including phenoxy) is 1. The second kappa shape index (κ2) is 4.89. The fourth-order valence-electron chi connectivity index (χ4n) is 0.386. The Labute approximate surface area is 70.8 Å². The molecule has 5 nitrogen and oxygen atoms in total. The second-order valence-electron chi connectivity index (χ2n) is 1.88. The van der Waals surface area contributed by atoms with Gasteiger partial charge in [-0.25, -0.2) is 4.79 Å². The molecular formula is C6H9O5S. The smallest absolute Gasteiger partial charge is 0.330 e. The van der Waals surface area contributed by atoms with E-state index in [2.05, 4.69) is 11.3 Å². The molecule has 0 rings (SSSR count). The van der Waals surface area contributed by atoms with Gasteiger partial charge in [-0.05, 0) is 0 Å². The standard InChI is InChI=1S/C6H9O5S/c1-2-6(7)11-4-3-5-12(8,9)10/h2,4H,1,3,5H2,(H,8,9,10). The van der Waals surface area contributed by atoms with E-state index in [1.54, 1.807) is 0 Å². The van der Waals surface area contributed by atoms with Gasteiger partial charge in [0.1, 0.15) is 6.61 Å². The Hall–Kier alpha value is -0.880. The molecule has 0 aliphatic carbocycles. The highest BCUT2D eigenvalue weighted by atomic mass is 32.2. The summed E-state index contributed by atoms with van der Waals surface area (Å²) in [5.74, 6) is -1.12. The topological polar surface area (TPSA) is 80.7 Å². The van der Waals surface area contributed by atoms with Gasteiger partial charge in [0.2, 0.25) is 0 Å². The fourth-order valence-corrected chi connectivity index (χ4v) is 0.780. The zero-order valence-electron chi connectivity index (χ0n) is 6.26. The summed E-state index contributed by atoms with van der Waals surface area (Å²) >= 11 is 0. The lowest BCUT2D eigenvalue weighted by atomic mass is 10.5. The minimum atomic E-state index is -3.98. The van der Waals surface area contributed by atoms with E-state index >= 15 is 0 Å². The molecule has 0 saturated carbocycles. The summed E-state index contributed by atoms with van der Waals surface area (Å²) < 4.78 is 32.8. The summed E-state index contributed by atoms with van der Waals surface area (Å²) in [5, 5.41) is 0. The highest BCUT2D eigenvalue weighted by molar-refractivity contribution is 7.85. The summed E-state index contributed by atoms with van der Waals surface area (Å²) in [6.07, 6.45) is 0.905. The minimum Gasteiger partial charge on any atom is -0.455 e. The summed E-state index contributed by atoms with van der Waals surface area (Å²) in [5.41, 5.74) is 0. The first-order valence-corrected chi connectivity index (χ1v) is 4.66. The van der Waals surface area contributed by atoms with E-state index in [0.29, 0.717) is 0 Å². The molecule has 0 heterocycles. The van der Waals surface area contributed by atoms with Crippen LogP contribution in [0, 0.1) is 6.61 Å². The van der Waals surface area contributed by atoms with E-state index in [0.717, 1.165) is 12.7 Å². The van der Waals surface area contributed by atoms with Crippen LogP contribution in [0.15, 0.2) is 12.7 Å². The summed E-state index contributed by atoms with van der Waals surface area (Å²) in [6, 6.07) is 0. The largest absolute Gasteiger partial charge is 0.455 e. The Balaban J connectivity index is 3.47. The molecule has 0 aromatic heterocycles. The van der Waals surface area contributed by atoms with Crippen molar-refractivity contribution >= 4 is 16.1 Å².